The van der Waals surface area contributed by atoms with Gasteiger partial charge in [0.05, 0.1) is 15.9 Å². The number of nitro benzene ring substituents is 2. The molecule has 1 amide bonds. The molecule has 1 rings (SSSR count). The van der Waals surface area contributed by atoms with E-state index in [0.29, 0.717) is 6.42 Å². The fourth-order valence-corrected chi connectivity index (χ4v) is 3.05. The molecule has 10 heteroatoms. The number of amides is 1. The van der Waals surface area contributed by atoms with Gasteiger partial charge in [0.2, 0.25) is 5.91 Å². The van der Waals surface area contributed by atoms with Gasteiger partial charge in [-0.3, -0.25) is 25.0 Å². The Morgan fingerprint density at radius 3 is 2.10 bits per heavy atom. The molecule has 0 saturated heterocycles. The van der Waals surface area contributed by atoms with E-state index in [1.165, 1.54) is 44.6 Å². The molecule has 0 aliphatic carbocycles. The molecule has 9 nitrogen and oxygen atoms in total. The zero-order chi connectivity index (χ0) is 21.6. The zero-order valence-electron chi connectivity index (χ0n) is 16.6. The summed E-state index contributed by atoms with van der Waals surface area (Å²) in [6.07, 6.45) is 10.6. The minimum atomic E-state index is -0.748. The van der Waals surface area contributed by atoms with Gasteiger partial charge in [-0.15, -0.1) is 0 Å². The van der Waals surface area contributed by atoms with Crippen molar-refractivity contribution in [1.82, 2.24) is 5.32 Å². The molecular formula is C19H28N4O5S. The molecule has 0 aromatic heterocycles. The number of hydrogen-bond acceptors (Lipinski definition) is 6. The average Bonchev–Trinajstić information content (AvgIpc) is 2.66. The second-order valence-corrected chi connectivity index (χ2v) is 7.20. The molecule has 2 N–H and O–H groups in total. The maximum atomic E-state index is 12.0. The molecule has 0 atom stereocenters. The minimum Gasteiger partial charge on any atom is -0.327 e. The summed E-state index contributed by atoms with van der Waals surface area (Å²) in [5, 5.41) is 26.8. The van der Waals surface area contributed by atoms with Crippen LogP contribution in [-0.4, -0.2) is 20.9 Å². The summed E-state index contributed by atoms with van der Waals surface area (Å²) in [5.41, 5.74) is -0.911. The first-order chi connectivity index (χ1) is 13.8. The van der Waals surface area contributed by atoms with Crippen molar-refractivity contribution in [2.24, 2.45) is 0 Å². The molecule has 0 bridgehead atoms. The third-order valence-corrected chi connectivity index (χ3v) is 4.60. The molecule has 1 aromatic rings. The molecule has 0 spiro atoms. The van der Waals surface area contributed by atoms with E-state index < -0.39 is 21.2 Å². The minimum absolute atomic E-state index is 0.0195. The van der Waals surface area contributed by atoms with Crippen LogP contribution in [0.3, 0.4) is 0 Å². The molecule has 0 unspecified atom stereocenters. The molecule has 29 heavy (non-hydrogen) atoms. The Labute approximate surface area is 175 Å². The topological polar surface area (TPSA) is 127 Å². The highest BCUT2D eigenvalue weighted by Gasteiger charge is 2.20. The van der Waals surface area contributed by atoms with Gasteiger partial charge in [0.15, 0.2) is 5.11 Å². The van der Waals surface area contributed by atoms with E-state index in [9.17, 15) is 25.0 Å². The van der Waals surface area contributed by atoms with Crippen LogP contribution in [0.5, 0.6) is 0 Å². The number of anilines is 1. The number of non-ortho nitro benzene ring substituents is 1. The molecule has 0 fully saturated rings. The summed E-state index contributed by atoms with van der Waals surface area (Å²) in [4.78, 5) is 32.4. The molecule has 0 aliphatic rings. The lowest BCUT2D eigenvalue weighted by Crippen LogP contribution is -2.34. The molecule has 1 aromatic carbocycles. The van der Waals surface area contributed by atoms with Gasteiger partial charge in [-0.1, -0.05) is 58.3 Å². The average molecular weight is 425 g/mol. The lowest BCUT2D eigenvalue weighted by atomic mass is 10.1. The number of unbranched alkanes of at least 4 members (excludes halogenated alkanes) is 8. The smallest absolute Gasteiger partial charge is 0.299 e. The number of hydrogen-bond donors (Lipinski definition) is 2. The highest BCUT2D eigenvalue weighted by molar-refractivity contribution is 7.80. The summed E-state index contributed by atoms with van der Waals surface area (Å²) in [7, 11) is 0. The van der Waals surface area contributed by atoms with Crippen LogP contribution in [0.15, 0.2) is 18.2 Å². The molecular weight excluding hydrogens is 396 g/mol. The lowest BCUT2D eigenvalue weighted by Gasteiger charge is -2.10. The highest BCUT2D eigenvalue weighted by Crippen LogP contribution is 2.28. The Morgan fingerprint density at radius 2 is 1.55 bits per heavy atom. The summed E-state index contributed by atoms with van der Waals surface area (Å²) in [5.74, 6) is -0.269. The second-order valence-electron chi connectivity index (χ2n) is 6.80. The predicted octanol–water partition coefficient (Wildman–Crippen LogP) is 5.24. The van der Waals surface area contributed by atoms with E-state index >= 15 is 0 Å². The van der Waals surface area contributed by atoms with Crippen LogP contribution >= 0.6 is 12.2 Å². The Kier molecular flexibility index (Phi) is 11.4. The number of carbonyl (C=O) groups excluding carboxylic acids is 1. The Bertz CT molecular complexity index is 727. The van der Waals surface area contributed by atoms with E-state index in [0.717, 1.165) is 31.4 Å². The lowest BCUT2D eigenvalue weighted by molar-refractivity contribution is -0.393. The molecule has 0 saturated carbocycles. The van der Waals surface area contributed by atoms with Crippen molar-refractivity contribution in [1.29, 1.82) is 0 Å². The van der Waals surface area contributed by atoms with Gasteiger partial charge in [0.25, 0.3) is 11.4 Å². The van der Waals surface area contributed by atoms with Crippen LogP contribution in [0.1, 0.15) is 71.1 Å². The maximum Gasteiger partial charge on any atom is 0.299 e. The Hall–Kier alpha value is -2.62. The number of nitrogens with zero attached hydrogens (tertiary/aromatic N) is 2. The first-order valence-electron chi connectivity index (χ1n) is 9.88. The number of carbonyl (C=O) groups is 1. The molecule has 0 radical (unpaired) electrons. The monoisotopic (exact) mass is 424 g/mol. The standard InChI is InChI=1S/C19H28N4O5S/c1-2-3-4-5-6-7-8-9-10-11-18(24)21-19(29)20-16-13-12-15(22(25)26)14-17(16)23(27)28/h12-14H,2-11H2,1H3,(H2,20,21,24,29). The van der Waals surface area contributed by atoms with Gasteiger partial charge in [0, 0.05) is 12.5 Å². The van der Waals surface area contributed by atoms with E-state index in [1.807, 2.05) is 0 Å². The number of benzene rings is 1. The quantitative estimate of drug-likeness (QED) is 0.192. The summed E-state index contributed by atoms with van der Waals surface area (Å²) in [6, 6.07) is 3.16. The van der Waals surface area contributed by atoms with Crippen molar-refractivity contribution in [3.63, 3.8) is 0 Å². The van der Waals surface area contributed by atoms with E-state index in [2.05, 4.69) is 17.6 Å². The normalized spacial score (nSPS) is 10.4. The number of thiocarbonyl (C=S) groups is 1. The van der Waals surface area contributed by atoms with E-state index in [1.54, 1.807) is 0 Å². The fraction of sp³-hybridized carbons (Fsp3) is 0.579. The van der Waals surface area contributed by atoms with Crippen molar-refractivity contribution < 1.29 is 14.6 Å². The van der Waals surface area contributed by atoms with Gasteiger partial charge in [-0.05, 0) is 24.7 Å². The largest absolute Gasteiger partial charge is 0.327 e. The van der Waals surface area contributed by atoms with Crippen LogP contribution < -0.4 is 10.6 Å². The molecule has 0 aliphatic heterocycles. The Morgan fingerprint density at radius 1 is 0.966 bits per heavy atom. The van der Waals surface area contributed by atoms with Crippen molar-refractivity contribution in [3.8, 4) is 0 Å². The van der Waals surface area contributed by atoms with Crippen LogP contribution in [-0.2, 0) is 4.79 Å². The Balaban J connectivity index is 2.35. The van der Waals surface area contributed by atoms with Gasteiger partial charge < -0.3 is 10.6 Å². The van der Waals surface area contributed by atoms with Crippen LogP contribution in [0.2, 0.25) is 0 Å². The van der Waals surface area contributed by atoms with Crippen molar-refractivity contribution in [2.45, 2.75) is 71.1 Å². The SMILES string of the molecule is CCCCCCCCCCCC(=O)NC(=S)Nc1ccc([N+](=O)[O-])cc1[N+](=O)[O-]. The number of nitro groups is 2. The van der Waals surface area contributed by atoms with Crippen molar-refractivity contribution in [3.05, 3.63) is 38.4 Å². The molecule has 0 heterocycles. The van der Waals surface area contributed by atoms with Crippen LogP contribution in [0.25, 0.3) is 0 Å². The van der Waals surface area contributed by atoms with Crippen molar-refractivity contribution in [2.75, 3.05) is 5.32 Å². The van der Waals surface area contributed by atoms with Crippen LogP contribution in [0.4, 0.5) is 17.1 Å². The highest BCUT2D eigenvalue weighted by atomic mass is 32.1. The van der Waals surface area contributed by atoms with Gasteiger partial charge in [-0.25, -0.2) is 0 Å². The zero-order valence-corrected chi connectivity index (χ0v) is 17.5. The van der Waals surface area contributed by atoms with Crippen molar-refractivity contribution >= 4 is 40.3 Å². The van der Waals surface area contributed by atoms with Crippen LogP contribution in [0, 0.1) is 20.2 Å². The third-order valence-electron chi connectivity index (χ3n) is 4.40. The van der Waals surface area contributed by atoms with Gasteiger partial charge in [-0.2, -0.15) is 0 Å². The maximum absolute atomic E-state index is 12.0. The van der Waals surface area contributed by atoms with Gasteiger partial charge in [0.1, 0.15) is 5.69 Å². The van der Waals surface area contributed by atoms with E-state index in [-0.39, 0.29) is 16.7 Å². The number of nitrogens with one attached hydrogen (secondary N) is 2. The summed E-state index contributed by atoms with van der Waals surface area (Å²) >= 11 is 5.01. The first kappa shape index (κ1) is 24.4. The summed E-state index contributed by atoms with van der Waals surface area (Å²) < 4.78 is 0. The first-order valence-corrected chi connectivity index (χ1v) is 10.3. The number of rotatable bonds is 13. The second kappa shape index (κ2) is 13.5. The predicted molar refractivity (Wildman–Crippen MR) is 116 cm³/mol. The van der Waals surface area contributed by atoms with E-state index in [4.69, 9.17) is 12.2 Å². The summed E-state index contributed by atoms with van der Waals surface area (Å²) in [6.45, 7) is 2.19. The fourth-order valence-electron chi connectivity index (χ4n) is 2.83. The third kappa shape index (κ3) is 9.93. The van der Waals surface area contributed by atoms with Gasteiger partial charge >= 0.3 is 0 Å². The molecule has 160 valence electrons.